The predicted molar refractivity (Wildman–Crippen MR) is 84.9 cm³/mol. The van der Waals surface area contributed by atoms with Crippen LogP contribution in [0.25, 0.3) is 0 Å². The summed E-state index contributed by atoms with van der Waals surface area (Å²) < 4.78 is 0. The molecule has 1 rings (SSSR count). The van der Waals surface area contributed by atoms with Crippen LogP contribution in [0.4, 0.5) is 0 Å². The minimum Gasteiger partial charge on any atom is -0.355 e. The SMILES string of the molecule is CCCCCCCCCCNC(=O)C1CNC(C)CN1. The molecule has 1 amide bonds. The molecule has 0 saturated carbocycles. The Bertz CT molecular complexity index is 250. The molecular formula is C16H33N3O. The van der Waals surface area contributed by atoms with Crippen LogP contribution < -0.4 is 16.0 Å². The van der Waals surface area contributed by atoms with E-state index in [0.717, 1.165) is 26.1 Å². The average molecular weight is 283 g/mol. The maximum absolute atomic E-state index is 11.9. The van der Waals surface area contributed by atoms with Crippen molar-refractivity contribution in [1.82, 2.24) is 16.0 Å². The van der Waals surface area contributed by atoms with Crippen molar-refractivity contribution < 1.29 is 4.79 Å². The fraction of sp³-hybridized carbons (Fsp3) is 0.938. The molecule has 0 radical (unpaired) electrons. The Hall–Kier alpha value is -0.610. The van der Waals surface area contributed by atoms with Crippen molar-refractivity contribution >= 4 is 5.91 Å². The Kier molecular flexibility index (Phi) is 9.67. The van der Waals surface area contributed by atoms with Gasteiger partial charge in [0.15, 0.2) is 0 Å². The Morgan fingerprint density at radius 1 is 1.00 bits per heavy atom. The summed E-state index contributed by atoms with van der Waals surface area (Å²) in [7, 11) is 0. The quantitative estimate of drug-likeness (QED) is 0.539. The van der Waals surface area contributed by atoms with Gasteiger partial charge in [-0.2, -0.15) is 0 Å². The zero-order valence-electron chi connectivity index (χ0n) is 13.3. The van der Waals surface area contributed by atoms with Crippen LogP contribution in [0.5, 0.6) is 0 Å². The highest BCUT2D eigenvalue weighted by Crippen LogP contribution is 2.07. The first-order valence-corrected chi connectivity index (χ1v) is 8.48. The molecule has 0 bridgehead atoms. The number of carbonyl (C=O) groups is 1. The Morgan fingerprint density at radius 2 is 1.65 bits per heavy atom. The minimum atomic E-state index is -0.0553. The van der Waals surface area contributed by atoms with Crippen molar-refractivity contribution in [2.24, 2.45) is 0 Å². The molecule has 2 unspecified atom stereocenters. The minimum absolute atomic E-state index is 0.0553. The summed E-state index contributed by atoms with van der Waals surface area (Å²) in [5.74, 6) is 0.146. The summed E-state index contributed by atoms with van der Waals surface area (Å²) in [5, 5.41) is 9.64. The molecule has 0 aromatic carbocycles. The average Bonchev–Trinajstić information content (AvgIpc) is 2.46. The van der Waals surface area contributed by atoms with Crippen LogP contribution in [0, 0.1) is 0 Å². The van der Waals surface area contributed by atoms with Gasteiger partial charge in [0.2, 0.25) is 5.91 Å². The van der Waals surface area contributed by atoms with E-state index in [1.165, 1.54) is 44.9 Å². The second kappa shape index (κ2) is 11.1. The van der Waals surface area contributed by atoms with Gasteiger partial charge in [-0.1, -0.05) is 51.9 Å². The topological polar surface area (TPSA) is 53.2 Å². The first-order valence-electron chi connectivity index (χ1n) is 8.48. The number of rotatable bonds is 10. The molecule has 1 fully saturated rings. The monoisotopic (exact) mass is 283 g/mol. The van der Waals surface area contributed by atoms with E-state index in [1.807, 2.05) is 0 Å². The molecule has 2 atom stereocenters. The maximum Gasteiger partial charge on any atom is 0.238 e. The zero-order valence-corrected chi connectivity index (χ0v) is 13.3. The normalized spacial score (nSPS) is 22.7. The summed E-state index contributed by atoms with van der Waals surface area (Å²) in [6.07, 6.45) is 10.4. The lowest BCUT2D eigenvalue weighted by Crippen LogP contribution is -2.58. The lowest BCUT2D eigenvalue weighted by molar-refractivity contribution is -0.123. The fourth-order valence-corrected chi connectivity index (χ4v) is 2.56. The van der Waals surface area contributed by atoms with Crippen molar-refractivity contribution in [3.05, 3.63) is 0 Å². The van der Waals surface area contributed by atoms with Gasteiger partial charge in [0.25, 0.3) is 0 Å². The lowest BCUT2D eigenvalue weighted by atomic mass is 10.1. The number of carbonyl (C=O) groups excluding carboxylic acids is 1. The first-order chi connectivity index (χ1) is 9.74. The lowest BCUT2D eigenvalue weighted by Gasteiger charge is -2.28. The second-order valence-electron chi connectivity index (χ2n) is 6.04. The highest BCUT2D eigenvalue weighted by atomic mass is 16.2. The molecule has 0 aromatic rings. The Labute approximate surface area is 124 Å². The van der Waals surface area contributed by atoms with E-state index < -0.39 is 0 Å². The number of amides is 1. The number of nitrogens with one attached hydrogen (secondary N) is 3. The highest BCUT2D eigenvalue weighted by Gasteiger charge is 2.22. The van der Waals surface area contributed by atoms with Crippen molar-refractivity contribution in [3.8, 4) is 0 Å². The van der Waals surface area contributed by atoms with Crippen molar-refractivity contribution in [2.75, 3.05) is 19.6 Å². The van der Waals surface area contributed by atoms with Crippen LogP contribution in [0.3, 0.4) is 0 Å². The van der Waals surface area contributed by atoms with Crippen LogP contribution in [0.15, 0.2) is 0 Å². The number of hydrogen-bond donors (Lipinski definition) is 3. The van der Waals surface area contributed by atoms with Crippen molar-refractivity contribution in [3.63, 3.8) is 0 Å². The Balaban J connectivity index is 1.89. The third kappa shape index (κ3) is 7.85. The second-order valence-corrected chi connectivity index (χ2v) is 6.04. The van der Waals surface area contributed by atoms with Gasteiger partial charge in [0.1, 0.15) is 0 Å². The van der Waals surface area contributed by atoms with Gasteiger partial charge in [-0.15, -0.1) is 0 Å². The summed E-state index contributed by atoms with van der Waals surface area (Å²) in [6.45, 7) is 6.81. The van der Waals surface area contributed by atoms with Gasteiger partial charge < -0.3 is 16.0 Å². The molecule has 1 aliphatic heterocycles. The predicted octanol–water partition coefficient (Wildman–Crippen LogP) is 2.19. The number of unbranched alkanes of at least 4 members (excludes halogenated alkanes) is 7. The molecule has 3 N–H and O–H groups in total. The fourth-order valence-electron chi connectivity index (χ4n) is 2.56. The van der Waals surface area contributed by atoms with E-state index >= 15 is 0 Å². The number of hydrogen-bond acceptors (Lipinski definition) is 3. The van der Waals surface area contributed by atoms with E-state index in [2.05, 4.69) is 29.8 Å². The van der Waals surface area contributed by atoms with Crippen LogP contribution in [0.2, 0.25) is 0 Å². The summed E-state index contributed by atoms with van der Waals surface area (Å²) >= 11 is 0. The molecule has 1 aliphatic rings. The van der Waals surface area contributed by atoms with E-state index in [4.69, 9.17) is 0 Å². The third-order valence-corrected chi connectivity index (χ3v) is 3.99. The molecule has 0 aromatic heterocycles. The third-order valence-electron chi connectivity index (χ3n) is 3.99. The molecule has 20 heavy (non-hydrogen) atoms. The smallest absolute Gasteiger partial charge is 0.238 e. The molecule has 0 aliphatic carbocycles. The summed E-state index contributed by atoms with van der Waals surface area (Å²) in [4.78, 5) is 11.9. The maximum atomic E-state index is 11.9. The van der Waals surface area contributed by atoms with Crippen LogP contribution in [0.1, 0.15) is 65.2 Å². The standard InChI is InChI=1S/C16H33N3O/c1-3-4-5-6-7-8-9-10-11-17-16(20)15-13-18-14(2)12-19-15/h14-15,18-19H,3-13H2,1-2H3,(H,17,20). The van der Waals surface area contributed by atoms with E-state index in [0.29, 0.717) is 6.04 Å². The molecule has 1 heterocycles. The number of piperazine rings is 1. The summed E-state index contributed by atoms with van der Waals surface area (Å²) in [6, 6.07) is 0.409. The van der Waals surface area contributed by atoms with Gasteiger partial charge in [-0.25, -0.2) is 0 Å². The van der Waals surface area contributed by atoms with Gasteiger partial charge in [-0.3, -0.25) is 4.79 Å². The largest absolute Gasteiger partial charge is 0.355 e. The first kappa shape index (κ1) is 17.4. The zero-order chi connectivity index (χ0) is 14.6. The Morgan fingerprint density at radius 3 is 2.25 bits per heavy atom. The van der Waals surface area contributed by atoms with Gasteiger partial charge in [-0.05, 0) is 13.3 Å². The van der Waals surface area contributed by atoms with Gasteiger partial charge in [0, 0.05) is 25.7 Å². The molecule has 1 saturated heterocycles. The molecule has 4 heteroatoms. The van der Waals surface area contributed by atoms with Crippen LogP contribution in [-0.4, -0.2) is 37.6 Å². The van der Waals surface area contributed by atoms with E-state index in [1.54, 1.807) is 0 Å². The van der Waals surface area contributed by atoms with Crippen LogP contribution in [-0.2, 0) is 4.79 Å². The molecule has 118 valence electrons. The molecule has 0 spiro atoms. The molecular weight excluding hydrogens is 250 g/mol. The van der Waals surface area contributed by atoms with Crippen LogP contribution >= 0.6 is 0 Å². The van der Waals surface area contributed by atoms with E-state index in [-0.39, 0.29) is 11.9 Å². The van der Waals surface area contributed by atoms with Crippen molar-refractivity contribution in [2.45, 2.75) is 77.3 Å². The van der Waals surface area contributed by atoms with E-state index in [9.17, 15) is 4.79 Å². The molecule has 4 nitrogen and oxygen atoms in total. The van der Waals surface area contributed by atoms with Crippen molar-refractivity contribution in [1.29, 1.82) is 0 Å². The van der Waals surface area contributed by atoms with Gasteiger partial charge >= 0.3 is 0 Å². The summed E-state index contributed by atoms with van der Waals surface area (Å²) in [5.41, 5.74) is 0. The highest BCUT2D eigenvalue weighted by molar-refractivity contribution is 5.82. The van der Waals surface area contributed by atoms with Gasteiger partial charge in [0.05, 0.1) is 6.04 Å².